The Labute approximate surface area is 111 Å². The van der Waals surface area contributed by atoms with Crippen LogP contribution in [0.1, 0.15) is 19.8 Å². The molecular weight excluding hydrogens is 256 g/mol. The zero-order valence-corrected chi connectivity index (χ0v) is 11.4. The van der Waals surface area contributed by atoms with Gasteiger partial charge in [0, 0.05) is 19.0 Å². The van der Waals surface area contributed by atoms with Gasteiger partial charge in [-0.25, -0.2) is 9.59 Å². The van der Waals surface area contributed by atoms with Crippen LogP contribution in [0.2, 0.25) is 0 Å². The van der Waals surface area contributed by atoms with Crippen LogP contribution in [-0.2, 0) is 4.79 Å². The minimum atomic E-state index is -1.07. The van der Waals surface area contributed by atoms with Gasteiger partial charge in [-0.1, -0.05) is 0 Å². The summed E-state index contributed by atoms with van der Waals surface area (Å²) in [7, 11) is 0. The Balaban J connectivity index is 2.52. The molecule has 18 heavy (non-hydrogen) atoms. The highest BCUT2D eigenvalue weighted by Crippen LogP contribution is 2.18. The number of carbonyl (C=O) groups excluding carboxylic acids is 1. The lowest BCUT2D eigenvalue weighted by Crippen LogP contribution is -2.48. The zero-order chi connectivity index (χ0) is 13.7. The molecule has 1 rings (SSSR count). The van der Waals surface area contributed by atoms with E-state index in [0.717, 1.165) is 12.2 Å². The number of amides is 2. The van der Waals surface area contributed by atoms with Crippen LogP contribution in [0.25, 0.3) is 0 Å². The number of aliphatic hydroxyl groups is 1. The quantitative estimate of drug-likeness (QED) is 0.674. The Morgan fingerprint density at radius 1 is 1.56 bits per heavy atom. The number of nitrogens with one attached hydrogen (secondary N) is 1. The molecule has 2 unspecified atom stereocenters. The maximum Gasteiger partial charge on any atom is 0.326 e. The number of aliphatic hydroxyl groups excluding tert-OH is 1. The van der Waals surface area contributed by atoms with E-state index < -0.39 is 24.1 Å². The second kappa shape index (κ2) is 6.84. The lowest BCUT2D eigenvalue weighted by Gasteiger charge is -2.24. The first-order chi connectivity index (χ1) is 8.45. The van der Waals surface area contributed by atoms with Gasteiger partial charge in [0.1, 0.15) is 6.04 Å². The molecule has 6 nitrogen and oxygen atoms in total. The van der Waals surface area contributed by atoms with E-state index in [0.29, 0.717) is 0 Å². The van der Waals surface area contributed by atoms with Crippen molar-refractivity contribution >= 4 is 23.8 Å². The van der Waals surface area contributed by atoms with Gasteiger partial charge in [-0.3, -0.25) is 0 Å². The predicted molar refractivity (Wildman–Crippen MR) is 69.7 cm³/mol. The molecule has 1 aliphatic heterocycles. The molecule has 0 aromatic heterocycles. The van der Waals surface area contributed by atoms with Crippen molar-refractivity contribution in [2.75, 3.05) is 18.6 Å². The van der Waals surface area contributed by atoms with Gasteiger partial charge < -0.3 is 20.4 Å². The summed E-state index contributed by atoms with van der Waals surface area (Å²) in [5.41, 5.74) is 0. The van der Waals surface area contributed by atoms with E-state index in [1.807, 2.05) is 13.2 Å². The molecule has 1 aliphatic rings. The van der Waals surface area contributed by atoms with Crippen molar-refractivity contribution < 1.29 is 19.8 Å². The summed E-state index contributed by atoms with van der Waals surface area (Å²) in [5, 5.41) is 21.2. The third-order valence-electron chi connectivity index (χ3n) is 2.95. The molecule has 0 radical (unpaired) electrons. The van der Waals surface area contributed by atoms with Crippen molar-refractivity contribution in [2.24, 2.45) is 0 Å². The fourth-order valence-electron chi connectivity index (χ4n) is 1.93. The van der Waals surface area contributed by atoms with Gasteiger partial charge in [0.15, 0.2) is 0 Å². The van der Waals surface area contributed by atoms with Crippen molar-refractivity contribution in [2.45, 2.75) is 38.0 Å². The number of hydrogen-bond acceptors (Lipinski definition) is 4. The number of aliphatic carboxylic acids is 1. The summed E-state index contributed by atoms with van der Waals surface area (Å²) in [5.74, 6) is -0.134. The van der Waals surface area contributed by atoms with Crippen LogP contribution >= 0.6 is 11.8 Å². The Hall–Kier alpha value is -0.950. The van der Waals surface area contributed by atoms with E-state index in [-0.39, 0.29) is 19.0 Å². The number of carbonyl (C=O) groups is 2. The van der Waals surface area contributed by atoms with Gasteiger partial charge in [-0.15, -0.1) is 0 Å². The van der Waals surface area contributed by atoms with Gasteiger partial charge in [0.05, 0.1) is 6.10 Å². The number of thioether (sulfide) groups is 1. The largest absolute Gasteiger partial charge is 0.480 e. The predicted octanol–water partition coefficient (Wildman–Crippen LogP) is 0.357. The zero-order valence-electron chi connectivity index (χ0n) is 10.6. The van der Waals surface area contributed by atoms with Gasteiger partial charge in [0.25, 0.3) is 0 Å². The number of β-amino-alcohol motifs (C(OH)–C–C–N with tert-alkyl or cyclic N) is 1. The number of nitrogens with zero attached hydrogens (tertiary/aromatic N) is 1. The standard InChI is InChI=1S/C11H20N2O4S/c1-7(3-4-18-2)12-11(17)13-6-8(14)5-9(13)10(15)16/h7-9,14H,3-6H2,1-2H3,(H,12,17)(H,15,16)/t7?,8?,9-/m0/s1. The molecule has 1 saturated heterocycles. The molecule has 0 aromatic rings. The van der Waals surface area contributed by atoms with Crippen molar-refractivity contribution in [1.29, 1.82) is 0 Å². The van der Waals surface area contributed by atoms with Crippen LogP contribution in [-0.4, -0.2) is 63.9 Å². The van der Waals surface area contributed by atoms with E-state index >= 15 is 0 Å². The highest BCUT2D eigenvalue weighted by molar-refractivity contribution is 7.98. The summed E-state index contributed by atoms with van der Waals surface area (Å²) in [6.07, 6.45) is 2.17. The number of urea groups is 1. The number of hydrogen-bond donors (Lipinski definition) is 3. The van der Waals surface area contributed by atoms with E-state index in [1.54, 1.807) is 11.8 Å². The van der Waals surface area contributed by atoms with Crippen molar-refractivity contribution in [3.8, 4) is 0 Å². The van der Waals surface area contributed by atoms with Crippen molar-refractivity contribution in [3.05, 3.63) is 0 Å². The smallest absolute Gasteiger partial charge is 0.326 e. The minimum Gasteiger partial charge on any atom is -0.480 e. The Bertz CT molecular complexity index is 313. The molecule has 0 aliphatic carbocycles. The normalized spacial score (nSPS) is 24.9. The first-order valence-electron chi connectivity index (χ1n) is 5.92. The van der Waals surface area contributed by atoms with Crippen LogP contribution in [0, 0.1) is 0 Å². The highest BCUT2D eigenvalue weighted by Gasteiger charge is 2.39. The highest BCUT2D eigenvalue weighted by atomic mass is 32.2. The Morgan fingerprint density at radius 3 is 2.78 bits per heavy atom. The molecule has 2 amide bonds. The molecular formula is C11H20N2O4S. The van der Waals surface area contributed by atoms with Crippen LogP contribution in [0.15, 0.2) is 0 Å². The van der Waals surface area contributed by atoms with Gasteiger partial charge in [0.2, 0.25) is 0 Å². The van der Waals surface area contributed by atoms with Crippen LogP contribution in [0.4, 0.5) is 4.79 Å². The summed E-state index contributed by atoms with van der Waals surface area (Å²) in [4.78, 5) is 24.1. The number of carboxylic acid groups (broad SMARTS) is 1. The molecule has 1 heterocycles. The second-order valence-electron chi connectivity index (χ2n) is 4.53. The van der Waals surface area contributed by atoms with E-state index in [1.165, 1.54) is 4.90 Å². The molecule has 7 heteroatoms. The summed E-state index contributed by atoms with van der Waals surface area (Å²) < 4.78 is 0. The fraction of sp³-hybridized carbons (Fsp3) is 0.818. The Morgan fingerprint density at radius 2 is 2.22 bits per heavy atom. The average molecular weight is 276 g/mol. The maximum absolute atomic E-state index is 11.9. The van der Waals surface area contributed by atoms with Crippen LogP contribution in [0.5, 0.6) is 0 Å². The Kier molecular flexibility index (Phi) is 5.74. The van der Waals surface area contributed by atoms with Crippen LogP contribution < -0.4 is 5.32 Å². The topological polar surface area (TPSA) is 89.9 Å². The summed E-state index contributed by atoms with van der Waals surface area (Å²) in [6, 6.07) is -1.34. The van der Waals surface area contributed by atoms with Gasteiger partial charge in [-0.2, -0.15) is 11.8 Å². The number of likely N-dealkylation sites (tertiary alicyclic amines) is 1. The van der Waals surface area contributed by atoms with Crippen molar-refractivity contribution in [1.82, 2.24) is 10.2 Å². The molecule has 1 fully saturated rings. The van der Waals surface area contributed by atoms with Crippen molar-refractivity contribution in [3.63, 3.8) is 0 Å². The summed E-state index contributed by atoms with van der Waals surface area (Å²) >= 11 is 1.70. The SMILES string of the molecule is CSCCC(C)NC(=O)N1CC(O)C[C@H]1C(=O)O. The second-order valence-corrected chi connectivity index (χ2v) is 5.51. The molecule has 0 saturated carbocycles. The van der Waals surface area contributed by atoms with E-state index in [2.05, 4.69) is 5.32 Å². The number of rotatable bonds is 5. The molecule has 3 N–H and O–H groups in total. The molecule has 0 aromatic carbocycles. The van der Waals surface area contributed by atoms with Gasteiger partial charge in [-0.05, 0) is 25.4 Å². The summed E-state index contributed by atoms with van der Waals surface area (Å²) in [6.45, 7) is 1.97. The van der Waals surface area contributed by atoms with Crippen LogP contribution in [0.3, 0.4) is 0 Å². The number of carboxylic acids is 1. The van der Waals surface area contributed by atoms with E-state index in [9.17, 15) is 14.7 Å². The molecule has 3 atom stereocenters. The van der Waals surface area contributed by atoms with E-state index in [4.69, 9.17) is 5.11 Å². The average Bonchev–Trinajstić information content (AvgIpc) is 2.69. The third kappa shape index (κ3) is 4.06. The van der Waals surface area contributed by atoms with Gasteiger partial charge >= 0.3 is 12.0 Å². The minimum absolute atomic E-state index is 0.00265. The molecule has 0 spiro atoms. The molecule has 0 bridgehead atoms. The third-order valence-corrected chi connectivity index (χ3v) is 3.59. The monoisotopic (exact) mass is 276 g/mol. The fourth-order valence-corrected chi connectivity index (χ4v) is 2.52. The first kappa shape index (κ1) is 15.1. The lowest BCUT2D eigenvalue weighted by molar-refractivity contribution is -0.141. The maximum atomic E-state index is 11.9. The lowest BCUT2D eigenvalue weighted by atomic mass is 10.2. The first-order valence-corrected chi connectivity index (χ1v) is 7.32. The molecule has 104 valence electrons.